The van der Waals surface area contributed by atoms with E-state index < -0.39 is 0 Å². The van der Waals surface area contributed by atoms with Crippen LogP contribution < -0.4 is 0 Å². The lowest BCUT2D eigenvalue weighted by molar-refractivity contribution is 0.590. The topological polar surface area (TPSA) is 72.6 Å². The van der Waals surface area contributed by atoms with Crippen molar-refractivity contribution in [3.05, 3.63) is 192 Å². The highest BCUT2D eigenvalue weighted by molar-refractivity contribution is 6.17. The molecule has 0 bridgehead atoms. The summed E-state index contributed by atoms with van der Waals surface area (Å²) in [6, 6.07) is 61.4. The zero-order chi connectivity index (χ0) is 52.5. The third-order valence-corrected chi connectivity index (χ3v) is 15.4. The van der Waals surface area contributed by atoms with Crippen LogP contribution in [-0.4, -0.2) is 19.1 Å². The zero-order valence-electron chi connectivity index (χ0n) is 45.2. The van der Waals surface area contributed by atoms with Crippen LogP contribution in [0.15, 0.2) is 168 Å². The lowest BCUT2D eigenvalue weighted by atomic mass is 9.85. The second-order valence-electron chi connectivity index (χ2n) is 24.7. The van der Waals surface area contributed by atoms with Crippen LogP contribution in [0.1, 0.15) is 111 Å². The Hall–Kier alpha value is -8.27. The summed E-state index contributed by atoms with van der Waals surface area (Å²) in [7, 11) is 0. The number of rotatable bonds is 5. The average molecular weight is 978 g/mol. The predicted molar refractivity (Wildman–Crippen MR) is 314 cm³/mol. The molecule has 0 aliphatic rings. The third kappa shape index (κ3) is 7.91. The molecule has 4 heterocycles. The van der Waals surface area contributed by atoms with Gasteiger partial charge in [0.05, 0.1) is 39.1 Å². The van der Waals surface area contributed by atoms with E-state index in [0.29, 0.717) is 28.2 Å². The van der Waals surface area contributed by atoms with Crippen LogP contribution in [-0.2, 0) is 21.7 Å². The van der Waals surface area contributed by atoms with Crippen molar-refractivity contribution in [2.75, 3.05) is 0 Å². The number of para-hydroxylation sites is 1. The van der Waals surface area contributed by atoms with Crippen LogP contribution in [0, 0.1) is 11.3 Å². The molecule has 0 saturated heterocycles. The Morgan fingerprint density at radius 1 is 0.400 bits per heavy atom. The van der Waals surface area contributed by atoms with Crippen molar-refractivity contribution in [3.63, 3.8) is 0 Å². The van der Waals surface area contributed by atoms with Gasteiger partial charge in [-0.15, -0.1) is 0 Å². The molecule has 0 N–H and O–H groups in total. The minimum atomic E-state index is -0.0949. The maximum atomic E-state index is 12.1. The zero-order valence-corrected chi connectivity index (χ0v) is 45.2. The summed E-state index contributed by atoms with van der Waals surface area (Å²) in [6.45, 7) is 27.2. The van der Waals surface area contributed by atoms with Gasteiger partial charge in [-0.1, -0.05) is 180 Å². The van der Waals surface area contributed by atoms with E-state index in [1.54, 1.807) is 0 Å². The first-order chi connectivity index (χ1) is 35.7. The van der Waals surface area contributed by atoms with Gasteiger partial charge in [0, 0.05) is 49.0 Å². The van der Waals surface area contributed by atoms with E-state index in [1.165, 1.54) is 22.3 Å². The van der Waals surface area contributed by atoms with Crippen LogP contribution in [0.5, 0.6) is 0 Å². The van der Waals surface area contributed by atoms with E-state index in [-0.39, 0.29) is 21.7 Å². The Balaban J connectivity index is 1.25. The van der Waals surface area contributed by atoms with Gasteiger partial charge in [0.1, 0.15) is 22.9 Å². The predicted octanol–water partition coefficient (Wildman–Crippen LogP) is 18.6. The van der Waals surface area contributed by atoms with E-state index >= 15 is 0 Å². The molecular weight excluding hydrogens is 915 g/mol. The fourth-order valence-electron chi connectivity index (χ4n) is 11.1. The Labute approximate surface area is 439 Å². The summed E-state index contributed by atoms with van der Waals surface area (Å²) in [4.78, 5) is 10.4. The molecular formula is C69H63N5O. The number of nitriles is 1. The summed E-state index contributed by atoms with van der Waals surface area (Å²) in [5, 5.41) is 18.5. The van der Waals surface area contributed by atoms with E-state index in [2.05, 4.69) is 226 Å². The molecule has 8 aromatic carbocycles. The van der Waals surface area contributed by atoms with Gasteiger partial charge in [-0.2, -0.15) is 5.26 Å². The number of benzene rings is 8. The first-order valence-electron chi connectivity index (χ1n) is 26.3. The fraction of sp³-hybridized carbons (Fsp3) is 0.232. The van der Waals surface area contributed by atoms with Crippen molar-refractivity contribution in [3.8, 4) is 51.3 Å². The van der Waals surface area contributed by atoms with Gasteiger partial charge in [0.2, 0.25) is 0 Å². The van der Waals surface area contributed by atoms with Gasteiger partial charge < -0.3 is 13.6 Å². The summed E-state index contributed by atoms with van der Waals surface area (Å²) in [5.41, 5.74) is 16.3. The molecule has 0 saturated carbocycles. The normalized spacial score (nSPS) is 12.8. The largest absolute Gasteiger partial charge is 0.453 e. The molecule has 370 valence electrons. The summed E-state index contributed by atoms with van der Waals surface area (Å²) in [5.74, 6) is 0.625. The number of hydrogen-bond donors (Lipinski definition) is 0. The highest BCUT2D eigenvalue weighted by atomic mass is 16.3. The quantitative estimate of drug-likeness (QED) is 0.172. The summed E-state index contributed by atoms with van der Waals surface area (Å²) in [6.07, 6.45) is 0. The van der Waals surface area contributed by atoms with Crippen molar-refractivity contribution in [2.45, 2.75) is 105 Å². The molecule has 0 aliphatic carbocycles. The van der Waals surface area contributed by atoms with Crippen LogP contribution in [0.4, 0.5) is 0 Å². The molecule has 0 amide bonds. The Morgan fingerprint density at radius 3 is 1.29 bits per heavy atom. The van der Waals surface area contributed by atoms with E-state index in [0.717, 1.165) is 88.1 Å². The number of hydrogen-bond acceptors (Lipinski definition) is 4. The molecule has 12 rings (SSSR count). The number of furan rings is 1. The maximum absolute atomic E-state index is 12.1. The Morgan fingerprint density at radius 2 is 0.840 bits per heavy atom. The highest BCUT2D eigenvalue weighted by Crippen LogP contribution is 2.47. The van der Waals surface area contributed by atoms with Crippen molar-refractivity contribution >= 4 is 65.6 Å². The summed E-state index contributed by atoms with van der Waals surface area (Å²) >= 11 is 0. The molecule has 0 atom stereocenters. The van der Waals surface area contributed by atoms with Gasteiger partial charge in [0.25, 0.3) is 0 Å². The second kappa shape index (κ2) is 16.9. The van der Waals surface area contributed by atoms with E-state index in [1.807, 2.05) is 36.4 Å². The van der Waals surface area contributed by atoms with Crippen LogP contribution in [0.25, 0.3) is 111 Å². The fourth-order valence-corrected chi connectivity index (χ4v) is 11.1. The summed E-state index contributed by atoms with van der Waals surface area (Å²) < 4.78 is 12.1. The van der Waals surface area contributed by atoms with Crippen LogP contribution >= 0.6 is 0 Å². The van der Waals surface area contributed by atoms with Crippen LogP contribution in [0.3, 0.4) is 0 Å². The smallest absolute Gasteiger partial charge is 0.160 e. The van der Waals surface area contributed by atoms with Gasteiger partial charge in [0.15, 0.2) is 11.4 Å². The van der Waals surface area contributed by atoms with Crippen molar-refractivity contribution in [1.29, 1.82) is 5.26 Å². The molecule has 4 aromatic heterocycles. The first-order valence-corrected chi connectivity index (χ1v) is 26.3. The molecule has 6 nitrogen and oxygen atoms in total. The molecule has 0 unspecified atom stereocenters. The Bertz CT molecular complexity index is 4120. The highest BCUT2D eigenvalue weighted by Gasteiger charge is 2.30. The monoisotopic (exact) mass is 978 g/mol. The number of aromatic nitrogens is 4. The third-order valence-electron chi connectivity index (χ3n) is 15.4. The standard InChI is InChI=1S/C69H63N5O/c1-66(2,3)43-26-30-57-49(34-43)50-35-44(67(4,5)6)27-31-58(50)73(57)61-38-53-47-24-19-25-48(56-39-55(41-20-15-13-16-21-41)71-65(72-56)42-22-17-14-18-23-42)63(47)75-64(53)62(54(61)40-70)74-59-32-28-45(68(7,8)9)36-51(59)52-37-46(69(10,11)12)29-33-60(52)74/h13-39H,1-12H3. The number of nitrogens with zero attached hydrogens (tertiary/aromatic N) is 5. The van der Waals surface area contributed by atoms with E-state index in [9.17, 15) is 5.26 Å². The van der Waals surface area contributed by atoms with Crippen molar-refractivity contribution < 1.29 is 4.42 Å². The average Bonchev–Trinajstić information content (AvgIpc) is 4.08. The molecule has 0 spiro atoms. The van der Waals surface area contributed by atoms with Gasteiger partial charge in [-0.25, -0.2) is 9.97 Å². The maximum Gasteiger partial charge on any atom is 0.160 e. The molecule has 0 radical (unpaired) electrons. The van der Waals surface area contributed by atoms with Gasteiger partial charge in [-0.05, 0) is 111 Å². The van der Waals surface area contributed by atoms with Crippen LogP contribution in [0.2, 0.25) is 0 Å². The van der Waals surface area contributed by atoms with E-state index in [4.69, 9.17) is 14.4 Å². The molecule has 75 heavy (non-hydrogen) atoms. The number of fused-ring (bicyclic) bond motifs is 9. The SMILES string of the molecule is CC(C)(C)c1ccc2c(c1)c1cc(C(C)(C)C)ccc1n2-c1cc2c(oc3c(-c4cc(-c5ccccc5)nc(-c5ccccc5)n4)cccc32)c(-n2c3ccc(C(C)(C)C)cc3c3cc(C(C)(C)C)ccc32)c1C#N. The van der Waals surface area contributed by atoms with Gasteiger partial charge >= 0.3 is 0 Å². The minimum absolute atomic E-state index is 0.0782. The Kier molecular flexibility index (Phi) is 10.7. The minimum Gasteiger partial charge on any atom is -0.453 e. The molecule has 0 aliphatic heterocycles. The van der Waals surface area contributed by atoms with Crippen molar-refractivity contribution in [2.24, 2.45) is 0 Å². The first kappa shape index (κ1) is 47.7. The molecule has 12 aromatic rings. The van der Waals surface area contributed by atoms with Gasteiger partial charge in [-0.3, -0.25) is 0 Å². The molecule has 0 fully saturated rings. The lowest BCUT2D eigenvalue weighted by Gasteiger charge is -2.20. The van der Waals surface area contributed by atoms with Crippen molar-refractivity contribution in [1.82, 2.24) is 19.1 Å². The second-order valence-corrected chi connectivity index (χ2v) is 24.7. The lowest BCUT2D eigenvalue weighted by Crippen LogP contribution is -2.10. The molecule has 6 heteroatoms.